The molecular weight excluding hydrogens is 1310 g/mol. The Morgan fingerprint density at radius 1 is 0.280 bits per heavy atom. The van der Waals surface area contributed by atoms with Crippen molar-refractivity contribution in [1.82, 2.24) is 0 Å². The fourth-order valence-electron chi connectivity index (χ4n) is 12.4. The van der Waals surface area contributed by atoms with Crippen molar-refractivity contribution in [1.29, 1.82) is 0 Å². The average Bonchev–Trinajstić information content (AvgIpc) is 0.959. The van der Waals surface area contributed by atoms with Crippen LogP contribution in [-0.4, -0.2) is 96.7 Å². The van der Waals surface area contributed by atoms with Crippen LogP contribution in [0.1, 0.15) is 415 Å². The molecule has 0 aliphatic rings. The summed E-state index contributed by atoms with van der Waals surface area (Å²) in [6.07, 6.45) is 56.8. The second-order valence-electron chi connectivity index (χ2n) is 30.6. The number of rotatable bonds is 78. The summed E-state index contributed by atoms with van der Waals surface area (Å²) in [6.45, 7) is 14.3. The van der Waals surface area contributed by atoms with Gasteiger partial charge in [-0.2, -0.15) is 0 Å². The van der Waals surface area contributed by atoms with Gasteiger partial charge in [-0.1, -0.05) is 364 Å². The third-order valence-electron chi connectivity index (χ3n) is 19.5. The summed E-state index contributed by atoms with van der Waals surface area (Å²) in [4.78, 5) is 73.0. The van der Waals surface area contributed by atoms with Gasteiger partial charge >= 0.3 is 39.5 Å². The molecule has 0 fully saturated rings. The van der Waals surface area contributed by atoms with Crippen LogP contribution in [-0.2, 0) is 65.4 Å². The number of carbonyl (C=O) groups is 4. The lowest BCUT2D eigenvalue weighted by atomic mass is 9.99. The maximum Gasteiger partial charge on any atom is 0.472 e. The minimum Gasteiger partial charge on any atom is -0.462 e. The Balaban J connectivity index is 5.24. The number of aliphatic hydroxyl groups is 1. The van der Waals surface area contributed by atoms with Crippen LogP contribution in [0.5, 0.6) is 0 Å². The van der Waals surface area contributed by atoms with E-state index in [-0.39, 0.29) is 25.7 Å². The fourth-order valence-corrected chi connectivity index (χ4v) is 13.9. The molecule has 0 rings (SSSR count). The molecule has 19 heteroatoms. The standard InChI is InChI=1S/C81H158O17P2/c1-9-73(7)59-51-43-35-27-21-17-14-15-19-23-31-39-48-56-64-81(86)98-77(68-92-79(84)62-54-46-40-32-34-42-50-58-72(5)6)70-96-100(89,90)94-66-75(82)65-93-99(87,88)95-69-76(67-91-78(83)61-53-45-37-29-25-24-28-36-44-52-60-74(8)10-2)97-80(85)63-55-47-38-30-22-18-13-11-12-16-20-26-33-41-49-57-71(3)4/h71-77,82H,9-70H2,1-8H3,(H,87,88)(H,89,90)/t73?,74?,75?,76-,77-/m1/s1. The Morgan fingerprint density at radius 3 is 0.710 bits per heavy atom. The predicted octanol–water partition coefficient (Wildman–Crippen LogP) is 24.0. The highest BCUT2D eigenvalue weighted by Gasteiger charge is 2.30. The Hall–Kier alpha value is -1.94. The number of hydrogen-bond acceptors (Lipinski definition) is 15. The molecular formula is C81H158O17P2. The highest BCUT2D eigenvalue weighted by Crippen LogP contribution is 2.45. The van der Waals surface area contributed by atoms with Crippen molar-refractivity contribution in [2.45, 2.75) is 433 Å². The quantitative estimate of drug-likeness (QED) is 0.0222. The molecule has 3 N–H and O–H groups in total. The number of phosphoric acid groups is 2. The third-order valence-corrected chi connectivity index (χ3v) is 21.4. The van der Waals surface area contributed by atoms with Crippen molar-refractivity contribution < 1.29 is 80.2 Å². The Kier molecular flexibility index (Phi) is 68.7. The first-order valence-electron chi connectivity index (χ1n) is 41.8. The van der Waals surface area contributed by atoms with Gasteiger partial charge in [0.1, 0.15) is 19.3 Å². The summed E-state index contributed by atoms with van der Waals surface area (Å²) in [5.74, 6) is 1.05. The number of hydrogen-bond donors (Lipinski definition) is 3. The number of esters is 4. The summed E-state index contributed by atoms with van der Waals surface area (Å²) in [5, 5.41) is 10.6. The normalized spacial score (nSPS) is 14.6. The zero-order valence-corrected chi connectivity index (χ0v) is 67.6. The van der Waals surface area contributed by atoms with Crippen molar-refractivity contribution in [3.8, 4) is 0 Å². The maximum absolute atomic E-state index is 13.1. The molecule has 0 saturated heterocycles. The van der Waals surface area contributed by atoms with Gasteiger partial charge in [-0.15, -0.1) is 0 Å². The largest absolute Gasteiger partial charge is 0.472 e. The molecule has 0 bridgehead atoms. The summed E-state index contributed by atoms with van der Waals surface area (Å²) < 4.78 is 68.7. The van der Waals surface area contributed by atoms with Gasteiger partial charge in [0.05, 0.1) is 26.4 Å². The second-order valence-corrected chi connectivity index (χ2v) is 33.5. The Labute approximate surface area is 613 Å². The van der Waals surface area contributed by atoms with E-state index >= 15 is 0 Å². The van der Waals surface area contributed by atoms with Gasteiger partial charge in [-0.25, -0.2) is 9.13 Å². The van der Waals surface area contributed by atoms with Crippen LogP contribution in [0.25, 0.3) is 0 Å². The molecule has 17 nitrogen and oxygen atoms in total. The number of unbranched alkanes of at least 4 members (excludes halogenated alkanes) is 42. The lowest BCUT2D eigenvalue weighted by Gasteiger charge is -2.21. The third kappa shape index (κ3) is 71.7. The van der Waals surface area contributed by atoms with Crippen molar-refractivity contribution in [2.24, 2.45) is 23.7 Å². The molecule has 0 saturated carbocycles. The van der Waals surface area contributed by atoms with Gasteiger partial charge in [-0.05, 0) is 49.4 Å². The molecule has 0 aromatic carbocycles. The molecule has 0 aliphatic heterocycles. The second kappa shape index (κ2) is 70.1. The van der Waals surface area contributed by atoms with Crippen LogP contribution in [0, 0.1) is 23.7 Å². The van der Waals surface area contributed by atoms with Gasteiger partial charge in [-0.3, -0.25) is 37.3 Å². The predicted molar refractivity (Wildman–Crippen MR) is 409 cm³/mol. The first-order valence-corrected chi connectivity index (χ1v) is 44.8. The average molecular weight is 1470 g/mol. The first kappa shape index (κ1) is 98.1. The van der Waals surface area contributed by atoms with Crippen LogP contribution in [0.4, 0.5) is 0 Å². The smallest absolute Gasteiger partial charge is 0.462 e. The van der Waals surface area contributed by atoms with Gasteiger partial charge in [0.25, 0.3) is 0 Å². The van der Waals surface area contributed by atoms with E-state index < -0.39 is 97.5 Å². The molecule has 0 aromatic heterocycles. The molecule has 5 unspecified atom stereocenters. The lowest BCUT2D eigenvalue weighted by Crippen LogP contribution is -2.30. The number of phosphoric ester groups is 2. The van der Waals surface area contributed by atoms with Crippen LogP contribution in [0.2, 0.25) is 0 Å². The molecule has 0 spiro atoms. The van der Waals surface area contributed by atoms with E-state index in [9.17, 15) is 43.2 Å². The van der Waals surface area contributed by atoms with Crippen molar-refractivity contribution in [2.75, 3.05) is 39.6 Å². The van der Waals surface area contributed by atoms with Crippen LogP contribution >= 0.6 is 15.6 Å². The van der Waals surface area contributed by atoms with Gasteiger partial charge in [0.2, 0.25) is 0 Å². The van der Waals surface area contributed by atoms with E-state index in [1.165, 1.54) is 212 Å². The van der Waals surface area contributed by atoms with Crippen molar-refractivity contribution >= 4 is 39.5 Å². The molecule has 0 amide bonds. The molecule has 7 atom stereocenters. The van der Waals surface area contributed by atoms with E-state index in [1.54, 1.807) is 0 Å². The lowest BCUT2D eigenvalue weighted by molar-refractivity contribution is -0.161. The Morgan fingerprint density at radius 2 is 0.480 bits per heavy atom. The molecule has 0 aromatic rings. The molecule has 0 aliphatic carbocycles. The van der Waals surface area contributed by atoms with E-state index in [0.29, 0.717) is 31.6 Å². The van der Waals surface area contributed by atoms with Crippen LogP contribution in [0.3, 0.4) is 0 Å². The highest BCUT2D eigenvalue weighted by molar-refractivity contribution is 7.47. The number of carbonyl (C=O) groups excluding carboxylic acids is 4. The monoisotopic (exact) mass is 1470 g/mol. The van der Waals surface area contributed by atoms with Gasteiger partial charge in [0, 0.05) is 25.7 Å². The molecule has 594 valence electrons. The van der Waals surface area contributed by atoms with Crippen molar-refractivity contribution in [3.63, 3.8) is 0 Å². The summed E-state index contributed by atoms with van der Waals surface area (Å²) in [5.41, 5.74) is 0. The van der Waals surface area contributed by atoms with Gasteiger partial charge < -0.3 is 33.8 Å². The number of aliphatic hydroxyl groups excluding tert-OH is 1. The molecule has 0 radical (unpaired) electrons. The topological polar surface area (TPSA) is 237 Å². The minimum atomic E-state index is -4.96. The molecule has 100 heavy (non-hydrogen) atoms. The van der Waals surface area contributed by atoms with E-state index in [1.807, 2.05) is 0 Å². The van der Waals surface area contributed by atoms with E-state index in [4.69, 9.17) is 37.0 Å². The SMILES string of the molecule is CCC(C)CCCCCCCCCCCCCCCCC(=O)O[C@H](COC(=O)CCCCCCCCCC(C)C)COP(=O)(O)OCC(O)COP(=O)(O)OC[C@@H](COC(=O)CCCCCCCCCCCCC(C)CC)OC(=O)CCCCCCCCCCCCCCCCCC(C)C. The summed E-state index contributed by atoms with van der Waals surface area (Å²) in [6, 6.07) is 0. The summed E-state index contributed by atoms with van der Waals surface area (Å²) >= 11 is 0. The van der Waals surface area contributed by atoms with Gasteiger partial charge in [0.15, 0.2) is 12.2 Å². The van der Waals surface area contributed by atoms with E-state index in [2.05, 4.69) is 55.4 Å². The zero-order chi connectivity index (χ0) is 73.8. The molecule has 0 heterocycles. The van der Waals surface area contributed by atoms with Crippen molar-refractivity contribution in [3.05, 3.63) is 0 Å². The fraction of sp³-hybridized carbons (Fsp3) is 0.951. The van der Waals surface area contributed by atoms with Crippen LogP contribution < -0.4 is 0 Å². The Bertz CT molecular complexity index is 1960. The number of ether oxygens (including phenoxy) is 4. The van der Waals surface area contributed by atoms with E-state index in [0.717, 1.165) is 114 Å². The first-order chi connectivity index (χ1) is 48.2. The minimum absolute atomic E-state index is 0.107. The summed E-state index contributed by atoms with van der Waals surface area (Å²) in [7, 11) is -9.92. The van der Waals surface area contributed by atoms with Crippen LogP contribution in [0.15, 0.2) is 0 Å². The zero-order valence-electron chi connectivity index (χ0n) is 65.8. The maximum atomic E-state index is 13.1. The highest BCUT2D eigenvalue weighted by atomic mass is 31.2.